The van der Waals surface area contributed by atoms with Crippen LogP contribution < -0.4 is 11.1 Å². The summed E-state index contributed by atoms with van der Waals surface area (Å²) in [5.41, 5.74) is 5.57. The van der Waals surface area contributed by atoms with Crippen LogP contribution in [0, 0.1) is 0 Å². The van der Waals surface area contributed by atoms with E-state index in [4.69, 9.17) is 15.9 Å². The number of likely N-dealkylation sites (tertiary alicyclic amines) is 1. The van der Waals surface area contributed by atoms with Crippen LogP contribution in [0.2, 0.25) is 0 Å². The van der Waals surface area contributed by atoms with E-state index < -0.39 is 54.4 Å². The average molecular weight is 331 g/mol. The number of hydrogen-bond acceptors (Lipinski definition) is 6. The van der Waals surface area contributed by atoms with Crippen LogP contribution in [0.3, 0.4) is 0 Å². The molecule has 0 saturated carbocycles. The predicted molar refractivity (Wildman–Crippen MR) is 76.2 cm³/mol. The third-order valence-electron chi connectivity index (χ3n) is 3.64. The van der Waals surface area contributed by atoms with Gasteiger partial charge >= 0.3 is 11.9 Å². The maximum atomic E-state index is 12.2. The molecule has 1 aliphatic heterocycles. The van der Waals surface area contributed by atoms with Crippen LogP contribution in [0.1, 0.15) is 26.2 Å². The zero-order valence-electron chi connectivity index (χ0n) is 12.6. The molecule has 0 spiro atoms. The standard InChI is InChI=1S/C13H21N3O7/c1-6(17)10(14)12(21)16-4-2-3-8(16)11(20)15-7(13(22)23)5-9(18)19/h6-8,10,17H,2-5,14H2,1H3,(H,15,20)(H,18,19)(H,22,23)/t6-,7+,8+,10+/m1/s1. The molecule has 1 heterocycles. The molecule has 0 unspecified atom stereocenters. The highest BCUT2D eigenvalue weighted by molar-refractivity contribution is 5.93. The quantitative estimate of drug-likeness (QED) is 0.347. The Kier molecular flexibility index (Phi) is 6.46. The summed E-state index contributed by atoms with van der Waals surface area (Å²) >= 11 is 0. The number of aliphatic hydroxyl groups is 1. The first-order valence-electron chi connectivity index (χ1n) is 7.14. The zero-order valence-corrected chi connectivity index (χ0v) is 12.6. The summed E-state index contributed by atoms with van der Waals surface area (Å²) in [6.45, 7) is 1.61. The van der Waals surface area contributed by atoms with Crippen molar-refractivity contribution in [3.05, 3.63) is 0 Å². The highest BCUT2D eigenvalue weighted by Crippen LogP contribution is 2.19. The molecule has 10 heteroatoms. The number of hydrogen-bond donors (Lipinski definition) is 5. The minimum absolute atomic E-state index is 0.258. The molecule has 0 aliphatic carbocycles. The summed E-state index contributed by atoms with van der Waals surface area (Å²) in [4.78, 5) is 47.1. The number of nitrogens with two attached hydrogens (primary N) is 1. The molecular weight excluding hydrogens is 310 g/mol. The van der Waals surface area contributed by atoms with Crippen molar-refractivity contribution in [3.63, 3.8) is 0 Å². The molecule has 4 atom stereocenters. The van der Waals surface area contributed by atoms with Gasteiger partial charge in [-0.15, -0.1) is 0 Å². The summed E-state index contributed by atoms with van der Waals surface area (Å²) in [6.07, 6.45) is -1.03. The molecule has 1 aliphatic rings. The van der Waals surface area contributed by atoms with Gasteiger partial charge in [-0.05, 0) is 19.8 Å². The van der Waals surface area contributed by atoms with Crippen molar-refractivity contribution >= 4 is 23.8 Å². The van der Waals surface area contributed by atoms with E-state index in [2.05, 4.69) is 5.32 Å². The van der Waals surface area contributed by atoms with E-state index in [-0.39, 0.29) is 6.54 Å². The molecule has 0 radical (unpaired) electrons. The van der Waals surface area contributed by atoms with Gasteiger partial charge < -0.3 is 31.3 Å². The first-order valence-corrected chi connectivity index (χ1v) is 7.14. The van der Waals surface area contributed by atoms with Crippen LogP contribution in [-0.4, -0.2) is 74.7 Å². The lowest BCUT2D eigenvalue weighted by molar-refractivity contribution is -0.148. The van der Waals surface area contributed by atoms with Crippen LogP contribution in [-0.2, 0) is 19.2 Å². The normalized spacial score (nSPS) is 21.3. The molecule has 0 bridgehead atoms. The van der Waals surface area contributed by atoms with Crippen LogP contribution in [0.5, 0.6) is 0 Å². The zero-order chi connectivity index (χ0) is 17.7. The Balaban J connectivity index is 2.79. The molecule has 0 aromatic rings. The number of carbonyl (C=O) groups excluding carboxylic acids is 2. The van der Waals surface area contributed by atoms with Crippen molar-refractivity contribution in [1.82, 2.24) is 10.2 Å². The Hall–Kier alpha value is -2.20. The Morgan fingerprint density at radius 2 is 1.91 bits per heavy atom. The number of nitrogens with one attached hydrogen (secondary N) is 1. The molecule has 0 aromatic heterocycles. The molecule has 1 fully saturated rings. The third kappa shape index (κ3) is 4.89. The summed E-state index contributed by atoms with van der Waals surface area (Å²) < 4.78 is 0. The number of carbonyl (C=O) groups is 4. The van der Waals surface area contributed by atoms with Crippen molar-refractivity contribution in [2.45, 2.75) is 50.4 Å². The Labute approximate surface area is 132 Å². The smallest absolute Gasteiger partial charge is 0.326 e. The largest absolute Gasteiger partial charge is 0.481 e. The van der Waals surface area contributed by atoms with Crippen molar-refractivity contribution in [2.24, 2.45) is 5.73 Å². The molecule has 1 rings (SSSR count). The van der Waals surface area contributed by atoms with Gasteiger partial charge in [-0.25, -0.2) is 4.79 Å². The van der Waals surface area contributed by atoms with Crippen LogP contribution in [0.25, 0.3) is 0 Å². The highest BCUT2D eigenvalue weighted by Gasteiger charge is 2.38. The number of amides is 2. The number of nitrogens with zero attached hydrogens (tertiary/aromatic N) is 1. The second-order valence-corrected chi connectivity index (χ2v) is 5.45. The van der Waals surface area contributed by atoms with Gasteiger partial charge in [0, 0.05) is 6.54 Å². The van der Waals surface area contributed by atoms with Gasteiger partial charge in [0.25, 0.3) is 0 Å². The first-order chi connectivity index (χ1) is 10.6. The van der Waals surface area contributed by atoms with Crippen molar-refractivity contribution in [1.29, 1.82) is 0 Å². The van der Waals surface area contributed by atoms with E-state index in [1.165, 1.54) is 11.8 Å². The van der Waals surface area contributed by atoms with E-state index in [1.54, 1.807) is 0 Å². The monoisotopic (exact) mass is 331 g/mol. The lowest BCUT2D eigenvalue weighted by Gasteiger charge is -2.28. The van der Waals surface area contributed by atoms with Gasteiger partial charge in [0.05, 0.1) is 12.5 Å². The Bertz CT molecular complexity index is 494. The lowest BCUT2D eigenvalue weighted by Crippen LogP contribution is -2.56. The van der Waals surface area contributed by atoms with E-state index in [0.717, 1.165) is 0 Å². The topological polar surface area (TPSA) is 170 Å². The van der Waals surface area contributed by atoms with Crippen LogP contribution in [0.4, 0.5) is 0 Å². The third-order valence-corrected chi connectivity index (χ3v) is 3.64. The lowest BCUT2D eigenvalue weighted by atomic mass is 10.1. The molecule has 130 valence electrons. The Morgan fingerprint density at radius 1 is 1.30 bits per heavy atom. The average Bonchev–Trinajstić information content (AvgIpc) is 2.93. The van der Waals surface area contributed by atoms with E-state index in [1.807, 2.05) is 0 Å². The second kappa shape index (κ2) is 7.88. The number of carboxylic acid groups (broad SMARTS) is 2. The summed E-state index contributed by atoms with van der Waals surface area (Å²) in [5.74, 6) is -4.20. The van der Waals surface area contributed by atoms with E-state index >= 15 is 0 Å². The number of rotatable bonds is 7. The minimum Gasteiger partial charge on any atom is -0.481 e. The molecular formula is C13H21N3O7. The van der Waals surface area contributed by atoms with E-state index in [0.29, 0.717) is 12.8 Å². The number of carboxylic acids is 2. The minimum atomic E-state index is -1.58. The predicted octanol–water partition coefficient (Wildman–Crippen LogP) is -2.27. The summed E-state index contributed by atoms with van der Waals surface area (Å²) in [6, 6.07) is -3.69. The maximum Gasteiger partial charge on any atom is 0.326 e. The first kappa shape index (κ1) is 18.8. The van der Waals surface area contributed by atoms with Gasteiger partial charge in [0.1, 0.15) is 18.1 Å². The molecule has 6 N–H and O–H groups in total. The van der Waals surface area contributed by atoms with Gasteiger partial charge in [-0.1, -0.05) is 0 Å². The van der Waals surface area contributed by atoms with Crippen LogP contribution >= 0.6 is 0 Å². The summed E-state index contributed by atoms with van der Waals surface area (Å²) in [5, 5.41) is 29.1. The fraction of sp³-hybridized carbons (Fsp3) is 0.692. The Morgan fingerprint density at radius 3 is 2.39 bits per heavy atom. The fourth-order valence-electron chi connectivity index (χ4n) is 2.34. The van der Waals surface area contributed by atoms with Crippen molar-refractivity contribution in [2.75, 3.05) is 6.54 Å². The van der Waals surface area contributed by atoms with Gasteiger partial charge in [-0.2, -0.15) is 0 Å². The molecule has 1 saturated heterocycles. The SMILES string of the molecule is C[C@@H](O)[C@H](N)C(=O)N1CCC[C@H]1C(=O)N[C@@H](CC(=O)O)C(=O)O. The van der Waals surface area contributed by atoms with Crippen LogP contribution in [0.15, 0.2) is 0 Å². The number of aliphatic hydroxyl groups excluding tert-OH is 1. The molecule has 23 heavy (non-hydrogen) atoms. The molecule has 2 amide bonds. The molecule has 0 aromatic carbocycles. The van der Waals surface area contributed by atoms with Gasteiger partial charge in [-0.3, -0.25) is 14.4 Å². The second-order valence-electron chi connectivity index (χ2n) is 5.45. The van der Waals surface area contributed by atoms with Crippen molar-refractivity contribution < 1.29 is 34.5 Å². The van der Waals surface area contributed by atoms with Crippen molar-refractivity contribution in [3.8, 4) is 0 Å². The maximum absolute atomic E-state index is 12.2. The van der Waals surface area contributed by atoms with Gasteiger partial charge in [0.2, 0.25) is 11.8 Å². The fourth-order valence-corrected chi connectivity index (χ4v) is 2.34. The number of aliphatic carboxylic acids is 2. The highest BCUT2D eigenvalue weighted by atomic mass is 16.4. The van der Waals surface area contributed by atoms with Gasteiger partial charge in [0.15, 0.2) is 0 Å². The molecule has 10 nitrogen and oxygen atoms in total. The summed E-state index contributed by atoms with van der Waals surface area (Å²) in [7, 11) is 0. The van der Waals surface area contributed by atoms with E-state index in [9.17, 15) is 24.3 Å².